The van der Waals surface area contributed by atoms with Crippen LogP contribution in [0, 0.1) is 6.92 Å². The van der Waals surface area contributed by atoms with Crippen molar-refractivity contribution >= 4 is 41.4 Å². The zero-order chi connectivity index (χ0) is 18.4. The summed E-state index contributed by atoms with van der Waals surface area (Å²) >= 11 is 0.00877. The van der Waals surface area contributed by atoms with Crippen molar-refractivity contribution < 1.29 is 17.9 Å². The van der Waals surface area contributed by atoms with Gasteiger partial charge < -0.3 is 0 Å². The summed E-state index contributed by atoms with van der Waals surface area (Å²) in [6.07, 6.45) is 0. The maximum absolute atomic E-state index is 12.5. The number of methoxy groups -OCH3 is 1. The third-order valence-corrected chi connectivity index (χ3v) is 6.62. The Morgan fingerprint density at radius 1 is 1.28 bits per heavy atom. The second-order valence-corrected chi connectivity index (χ2v) is 9.21. The van der Waals surface area contributed by atoms with E-state index in [4.69, 9.17) is 4.74 Å². The SMILES string of the molecule is CC[Se]c1ccccc1S(=O)(=O)NC(=O)Nc1nc(C)cc(OC)n1. The van der Waals surface area contributed by atoms with E-state index in [1.165, 1.54) is 13.2 Å². The molecule has 2 rings (SSSR count). The number of urea groups is 1. The van der Waals surface area contributed by atoms with E-state index in [1.807, 2.05) is 11.6 Å². The van der Waals surface area contributed by atoms with Crippen LogP contribution in [0.3, 0.4) is 0 Å². The summed E-state index contributed by atoms with van der Waals surface area (Å²) < 4.78 is 32.7. The van der Waals surface area contributed by atoms with Crippen LogP contribution in [0.2, 0.25) is 5.32 Å². The average Bonchev–Trinajstić information content (AvgIpc) is 2.54. The summed E-state index contributed by atoms with van der Waals surface area (Å²) in [5, 5.41) is 3.16. The summed E-state index contributed by atoms with van der Waals surface area (Å²) in [5.41, 5.74) is 0.570. The molecule has 1 aromatic carbocycles. The van der Waals surface area contributed by atoms with E-state index in [2.05, 4.69) is 15.3 Å². The summed E-state index contributed by atoms with van der Waals surface area (Å²) in [6.45, 7) is 3.68. The number of ether oxygens (including phenoxy) is 1. The van der Waals surface area contributed by atoms with Crippen LogP contribution in [0.4, 0.5) is 10.7 Å². The maximum atomic E-state index is 12.5. The van der Waals surface area contributed by atoms with Gasteiger partial charge in [0, 0.05) is 0 Å². The van der Waals surface area contributed by atoms with Gasteiger partial charge in [-0.15, -0.1) is 0 Å². The van der Waals surface area contributed by atoms with Crippen molar-refractivity contribution in [2.45, 2.75) is 24.1 Å². The fourth-order valence-electron chi connectivity index (χ4n) is 1.95. The molecule has 0 aliphatic rings. The molecule has 134 valence electrons. The molecule has 2 amide bonds. The van der Waals surface area contributed by atoms with Crippen molar-refractivity contribution in [2.75, 3.05) is 12.4 Å². The van der Waals surface area contributed by atoms with Crippen LogP contribution in [0.15, 0.2) is 35.2 Å². The Kier molecular flexibility index (Phi) is 6.35. The number of aromatic nitrogens is 2. The Labute approximate surface area is 152 Å². The molecule has 0 saturated carbocycles. The first kappa shape index (κ1) is 19.2. The van der Waals surface area contributed by atoms with Crippen molar-refractivity contribution in [1.82, 2.24) is 14.7 Å². The van der Waals surface area contributed by atoms with Gasteiger partial charge in [-0.25, -0.2) is 0 Å². The number of aryl methyl sites for hydroxylation is 1. The van der Waals surface area contributed by atoms with Crippen molar-refractivity contribution in [3.05, 3.63) is 36.0 Å². The van der Waals surface area contributed by atoms with Gasteiger partial charge in [0.05, 0.1) is 0 Å². The Morgan fingerprint density at radius 3 is 2.68 bits per heavy atom. The summed E-state index contributed by atoms with van der Waals surface area (Å²) in [6, 6.07) is 7.28. The van der Waals surface area contributed by atoms with E-state index in [1.54, 1.807) is 31.2 Å². The third kappa shape index (κ3) is 5.15. The van der Waals surface area contributed by atoms with Crippen molar-refractivity contribution in [3.63, 3.8) is 0 Å². The van der Waals surface area contributed by atoms with E-state index in [0.29, 0.717) is 10.2 Å². The number of nitrogens with zero attached hydrogens (tertiary/aromatic N) is 2. The minimum absolute atomic E-state index is 0.00877. The first-order chi connectivity index (χ1) is 11.9. The van der Waals surface area contributed by atoms with Crippen LogP contribution >= 0.6 is 0 Å². The third-order valence-electron chi connectivity index (χ3n) is 2.93. The number of nitrogens with one attached hydrogen (secondary N) is 2. The molecule has 0 unspecified atom stereocenters. The molecule has 1 heterocycles. The first-order valence-corrected chi connectivity index (χ1v) is 10.9. The number of sulfonamides is 1. The predicted octanol–water partition coefficient (Wildman–Crippen LogP) is 1.07. The van der Waals surface area contributed by atoms with E-state index in [0.717, 1.165) is 5.32 Å². The number of hydrogen-bond acceptors (Lipinski definition) is 6. The van der Waals surface area contributed by atoms with Crippen LogP contribution in [0.1, 0.15) is 12.6 Å². The van der Waals surface area contributed by atoms with Gasteiger partial charge in [0.1, 0.15) is 0 Å². The van der Waals surface area contributed by atoms with Crippen LogP contribution in [-0.4, -0.2) is 46.5 Å². The molecule has 0 aliphatic carbocycles. The minimum atomic E-state index is -3.99. The van der Waals surface area contributed by atoms with Crippen LogP contribution in [0.5, 0.6) is 5.88 Å². The van der Waals surface area contributed by atoms with Gasteiger partial charge in [0.15, 0.2) is 0 Å². The second-order valence-electron chi connectivity index (χ2n) is 4.81. The van der Waals surface area contributed by atoms with Gasteiger partial charge in [-0.2, -0.15) is 0 Å². The number of anilines is 1. The summed E-state index contributed by atoms with van der Waals surface area (Å²) in [4.78, 5) is 20.1. The number of amides is 2. The normalized spacial score (nSPS) is 11.0. The molecule has 0 radical (unpaired) electrons. The average molecular weight is 429 g/mol. The molecule has 0 bridgehead atoms. The van der Waals surface area contributed by atoms with Crippen LogP contribution in [-0.2, 0) is 10.0 Å². The number of carbonyl (C=O) groups excluding carboxylic acids is 1. The van der Waals surface area contributed by atoms with Gasteiger partial charge in [0.2, 0.25) is 0 Å². The molecular formula is C15H18N4O4SSe. The zero-order valence-electron chi connectivity index (χ0n) is 13.9. The van der Waals surface area contributed by atoms with Gasteiger partial charge in [-0.05, 0) is 0 Å². The van der Waals surface area contributed by atoms with Crippen LogP contribution in [0.25, 0.3) is 0 Å². The molecule has 0 fully saturated rings. The van der Waals surface area contributed by atoms with Crippen molar-refractivity contribution in [3.8, 4) is 5.88 Å². The van der Waals surface area contributed by atoms with Crippen LogP contribution < -0.4 is 19.2 Å². The summed E-state index contributed by atoms with van der Waals surface area (Å²) in [5.74, 6) is 0.220. The molecule has 0 spiro atoms. The summed E-state index contributed by atoms with van der Waals surface area (Å²) in [7, 11) is -2.56. The molecule has 0 atom stereocenters. The van der Waals surface area contributed by atoms with E-state index in [9.17, 15) is 13.2 Å². The Bertz CT molecular complexity index is 874. The van der Waals surface area contributed by atoms with Gasteiger partial charge >= 0.3 is 152 Å². The molecule has 25 heavy (non-hydrogen) atoms. The zero-order valence-corrected chi connectivity index (χ0v) is 16.5. The quantitative estimate of drug-likeness (QED) is 0.665. The van der Waals surface area contributed by atoms with Gasteiger partial charge in [-0.1, -0.05) is 0 Å². The van der Waals surface area contributed by atoms with Gasteiger partial charge in [-0.3, -0.25) is 0 Å². The predicted molar refractivity (Wildman–Crippen MR) is 95.0 cm³/mol. The molecule has 8 nitrogen and oxygen atoms in total. The number of benzene rings is 1. The molecule has 0 aliphatic heterocycles. The molecular weight excluding hydrogens is 411 g/mol. The Morgan fingerprint density at radius 2 is 2.00 bits per heavy atom. The second kappa shape index (κ2) is 8.28. The standard InChI is InChI=1S/C15H18N4O4SSe/c1-4-25-12-8-6-5-7-11(12)24(21,22)19-15(20)18-14-16-10(2)9-13(17-14)23-3/h5-9H,4H2,1-3H3,(H2,16,17,18,19,20). The van der Waals surface area contributed by atoms with E-state index < -0.39 is 16.1 Å². The fraction of sp³-hybridized carbons (Fsp3) is 0.267. The fourth-order valence-corrected chi connectivity index (χ4v) is 5.40. The number of carbonyl (C=O) groups is 1. The molecule has 1 aromatic heterocycles. The molecule has 0 saturated heterocycles. The first-order valence-electron chi connectivity index (χ1n) is 7.31. The topological polar surface area (TPSA) is 110 Å². The van der Waals surface area contributed by atoms with E-state index >= 15 is 0 Å². The van der Waals surface area contributed by atoms with Crippen molar-refractivity contribution in [1.29, 1.82) is 0 Å². The monoisotopic (exact) mass is 430 g/mol. The number of rotatable bonds is 6. The van der Waals surface area contributed by atoms with E-state index in [-0.39, 0.29) is 31.7 Å². The Balaban J connectivity index is 2.18. The van der Waals surface area contributed by atoms with Gasteiger partial charge in [0.25, 0.3) is 0 Å². The number of hydrogen-bond donors (Lipinski definition) is 2. The Hall–Kier alpha value is -2.16. The molecule has 2 aromatic rings. The molecule has 2 N–H and O–H groups in total. The molecule has 10 heteroatoms. The van der Waals surface area contributed by atoms with Crippen molar-refractivity contribution in [2.24, 2.45) is 0 Å².